The summed E-state index contributed by atoms with van der Waals surface area (Å²) in [5, 5.41) is 3.38. The van der Waals surface area contributed by atoms with Gasteiger partial charge in [-0.05, 0) is 55.2 Å². The van der Waals surface area contributed by atoms with Crippen LogP contribution in [-0.4, -0.2) is 35.5 Å². The molecule has 1 amide bonds. The third-order valence-electron chi connectivity index (χ3n) is 4.77. The Morgan fingerprint density at radius 2 is 1.86 bits per heavy atom. The smallest absolute Gasteiger partial charge is 0.262 e. The van der Waals surface area contributed by atoms with Crippen molar-refractivity contribution in [1.29, 1.82) is 0 Å². The number of likely N-dealkylation sites (tertiary alicyclic amines) is 1. The maximum atomic E-state index is 12.1. The van der Waals surface area contributed by atoms with Crippen LogP contribution in [0.5, 0.6) is 5.75 Å². The summed E-state index contributed by atoms with van der Waals surface area (Å²) in [6, 6.07) is 12.6. The molecule has 1 saturated heterocycles. The molecule has 3 rings (SSSR count). The minimum atomic E-state index is -0.314. The van der Waals surface area contributed by atoms with Crippen molar-refractivity contribution in [2.24, 2.45) is 5.92 Å². The number of anilines is 1. The van der Waals surface area contributed by atoms with E-state index in [9.17, 15) is 4.79 Å². The second-order valence-corrected chi connectivity index (χ2v) is 8.11. The molecule has 0 saturated carbocycles. The molecule has 7 heteroatoms. The van der Waals surface area contributed by atoms with Crippen LogP contribution in [0.4, 0.5) is 5.69 Å². The van der Waals surface area contributed by atoms with E-state index in [0.29, 0.717) is 21.5 Å². The summed E-state index contributed by atoms with van der Waals surface area (Å²) in [5.74, 6) is 1.06. The Bertz CT molecular complexity index is 850. The molecule has 1 N–H and O–H groups in total. The molecule has 0 aliphatic carbocycles. The summed E-state index contributed by atoms with van der Waals surface area (Å²) in [7, 11) is 0. The van der Waals surface area contributed by atoms with Gasteiger partial charge in [-0.25, -0.2) is 0 Å². The molecule has 1 aliphatic heterocycles. The molecule has 1 heterocycles. The lowest BCUT2D eigenvalue weighted by atomic mass is 9.99. The van der Waals surface area contributed by atoms with E-state index in [1.54, 1.807) is 18.2 Å². The van der Waals surface area contributed by atoms with Gasteiger partial charge in [-0.2, -0.15) is 0 Å². The second kappa shape index (κ2) is 9.59. The zero-order valence-electron chi connectivity index (χ0n) is 15.6. The van der Waals surface area contributed by atoms with Crippen LogP contribution in [0.1, 0.15) is 25.3 Å². The average molecular weight is 437 g/mol. The minimum absolute atomic E-state index is 0.128. The third kappa shape index (κ3) is 5.37. The topological polar surface area (TPSA) is 41.6 Å². The Kier molecular flexibility index (Phi) is 7.16. The summed E-state index contributed by atoms with van der Waals surface area (Å²) in [6.07, 6.45) is 2.35. The fourth-order valence-corrected chi connectivity index (χ4v) is 3.69. The van der Waals surface area contributed by atoms with E-state index in [0.717, 1.165) is 29.6 Å². The van der Waals surface area contributed by atoms with E-state index in [1.165, 1.54) is 12.8 Å². The number of amides is 1. The molecule has 148 valence electrons. The van der Waals surface area contributed by atoms with Crippen LogP contribution in [0.25, 0.3) is 0 Å². The third-order valence-corrected chi connectivity index (χ3v) is 6.08. The summed E-state index contributed by atoms with van der Waals surface area (Å²) in [6.45, 7) is 4.16. The Morgan fingerprint density at radius 1 is 1.18 bits per heavy atom. The lowest BCUT2D eigenvalue weighted by molar-refractivity contribution is -0.118. The van der Waals surface area contributed by atoms with Crippen molar-refractivity contribution in [1.82, 2.24) is 4.90 Å². The van der Waals surface area contributed by atoms with E-state index in [2.05, 4.69) is 17.1 Å². The Labute approximate surface area is 180 Å². The lowest BCUT2D eigenvalue weighted by Crippen LogP contribution is -2.37. The van der Waals surface area contributed by atoms with Crippen molar-refractivity contribution in [3.63, 3.8) is 0 Å². The maximum Gasteiger partial charge on any atom is 0.262 e. The number of halogens is 2. The van der Waals surface area contributed by atoms with E-state index < -0.39 is 0 Å². The molecule has 0 atom stereocenters. The molecule has 0 bridgehead atoms. The number of hydrogen-bond donors (Lipinski definition) is 1. The van der Waals surface area contributed by atoms with Crippen LogP contribution >= 0.6 is 35.4 Å². The molecule has 1 fully saturated rings. The summed E-state index contributed by atoms with van der Waals surface area (Å²) >= 11 is 17.6. The van der Waals surface area contributed by atoms with Gasteiger partial charge in [0.05, 0.1) is 15.7 Å². The van der Waals surface area contributed by atoms with E-state index in [4.69, 9.17) is 40.2 Å². The van der Waals surface area contributed by atoms with Gasteiger partial charge in [0.2, 0.25) is 0 Å². The van der Waals surface area contributed by atoms with Crippen LogP contribution in [0.3, 0.4) is 0 Å². The second-order valence-electron chi connectivity index (χ2n) is 6.94. The van der Waals surface area contributed by atoms with Crippen LogP contribution in [0.2, 0.25) is 10.0 Å². The molecule has 0 unspecified atom stereocenters. The molecule has 28 heavy (non-hydrogen) atoms. The molecular weight excluding hydrogens is 415 g/mol. The molecule has 1 aliphatic rings. The average Bonchev–Trinajstić information content (AvgIpc) is 2.70. The van der Waals surface area contributed by atoms with Gasteiger partial charge >= 0.3 is 0 Å². The number of nitrogens with zero attached hydrogens (tertiary/aromatic N) is 1. The number of piperidine rings is 1. The number of carbonyl (C=O) groups is 1. The Balaban J connectivity index is 1.52. The van der Waals surface area contributed by atoms with Crippen LogP contribution in [-0.2, 0) is 4.79 Å². The number of rotatable bonds is 5. The van der Waals surface area contributed by atoms with Crippen LogP contribution in [0, 0.1) is 5.92 Å². The Hall–Kier alpha value is -1.82. The quantitative estimate of drug-likeness (QED) is 0.635. The van der Waals surface area contributed by atoms with Crippen molar-refractivity contribution in [3.8, 4) is 5.75 Å². The van der Waals surface area contributed by atoms with Crippen molar-refractivity contribution >= 4 is 52.0 Å². The first-order chi connectivity index (χ1) is 13.4. The molecule has 4 nitrogen and oxygen atoms in total. The van der Waals surface area contributed by atoms with Gasteiger partial charge in [0, 0.05) is 18.7 Å². The van der Waals surface area contributed by atoms with Crippen molar-refractivity contribution in [2.45, 2.75) is 19.8 Å². The summed E-state index contributed by atoms with van der Waals surface area (Å²) in [4.78, 5) is 15.2. The van der Waals surface area contributed by atoms with Gasteiger partial charge in [-0.3, -0.25) is 4.79 Å². The van der Waals surface area contributed by atoms with Gasteiger partial charge in [-0.15, -0.1) is 0 Å². The zero-order chi connectivity index (χ0) is 20.1. The highest BCUT2D eigenvalue weighted by Crippen LogP contribution is 2.29. The van der Waals surface area contributed by atoms with Gasteiger partial charge < -0.3 is 15.0 Å². The number of hydrogen-bond acceptors (Lipinski definition) is 3. The maximum absolute atomic E-state index is 12.1. The first kappa shape index (κ1) is 20.9. The molecule has 2 aromatic carbocycles. The highest BCUT2D eigenvalue weighted by atomic mass is 35.5. The van der Waals surface area contributed by atoms with E-state index >= 15 is 0 Å². The van der Waals surface area contributed by atoms with E-state index in [1.807, 2.05) is 24.3 Å². The van der Waals surface area contributed by atoms with Gasteiger partial charge in [-0.1, -0.05) is 48.4 Å². The normalized spacial score (nSPS) is 14.6. The first-order valence-corrected chi connectivity index (χ1v) is 10.4. The molecular formula is C21H22Cl2N2O2S. The standard InChI is InChI=1S/C21H22Cl2N2O2S/c1-14-9-11-25(12-10-14)21(28)15-5-7-16(8-6-15)27-13-19(26)24-18-4-2-3-17(22)20(18)23/h2-8,14H,9-13H2,1H3,(H,24,26). The largest absolute Gasteiger partial charge is 0.484 e. The number of ether oxygens (including phenoxy) is 1. The van der Waals surface area contributed by atoms with Crippen LogP contribution < -0.4 is 10.1 Å². The molecule has 2 aromatic rings. The fourth-order valence-electron chi connectivity index (χ4n) is 3.02. The lowest BCUT2D eigenvalue weighted by Gasteiger charge is -2.32. The molecule has 0 aromatic heterocycles. The highest BCUT2D eigenvalue weighted by molar-refractivity contribution is 7.80. The highest BCUT2D eigenvalue weighted by Gasteiger charge is 2.18. The molecule has 0 spiro atoms. The monoisotopic (exact) mass is 436 g/mol. The van der Waals surface area contributed by atoms with Gasteiger partial charge in [0.15, 0.2) is 6.61 Å². The first-order valence-electron chi connectivity index (χ1n) is 9.20. The van der Waals surface area contributed by atoms with Crippen molar-refractivity contribution in [2.75, 3.05) is 25.0 Å². The predicted octanol–water partition coefficient (Wildman–Crippen LogP) is 5.42. The number of carbonyl (C=O) groups excluding carboxylic acids is 1. The zero-order valence-corrected chi connectivity index (χ0v) is 17.9. The molecule has 0 radical (unpaired) electrons. The van der Waals surface area contributed by atoms with Crippen molar-refractivity contribution in [3.05, 3.63) is 58.1 Å². The Morgan fingerprint density at radius 3 is 2.54 bits per heavy atom. The van der Waals surface area contributed by atoms with Crippen LogP contribution in [0.15, 0.2) is 42.5 Å². The van der Waals surface area contributed by atoms with Gasteiger partial charge in [0.1, 0.15) is 10.7 Å². The SMILES string of the molecule is CC1CCN(C(=S)c2ccc(OCC(=O)Nc3cccc(Cl)c3Cl)cc2)CC1. The van der Waals surface area contributed by atoms with Crippen molar-refractivity contribution < 1.29 is 9.53 Å². The van der Waals surface area contributed by atoms with Gasteiger partial charge in [0.25, 0.3) is 5.91 Å². The van der Waals surface area contributed by atoms with E-state index in [-0.39, 0.29) is 12.5 Å². The fraction of sp³-hybridized carbons (Fsp3) is 0.333. The predicted molar refractivity (Wildman–Crippen MR) is 119 cm³/mol. The minimum Gasteiger partial charge on any atom is -0.484 e. The summed E-state index contributed by atoms with van der Waals surface area (Å²) < 4.78 is 5.56. The summed E-state index contributed by atoms with van der Waals surface area (Å²) in [5.41, 5.74) is 1.45. The number of thiocarbonyl (C=S) groups is 1. The number of benzene rings is 2. The number of nitrogens with one attached hydrogen (secondary N) is 1.